The topological polar surface area (TPSA) is 72.6 Å². The third kappa shape index (κ3) is 5.25. The molecule has 98 valence electrons. The molecule has 6 heteroatoms. The summed E-state index contributed by atoms with van der Waals surface area (Å²) in [5.74, 6) is 0.0258. The van der Waals surface area contributed by atoms with E-state index in [0.29, 0.717) is 19.6 Å². The summed E-state index contributed by atoms with van der Waals surface area (Å²) in [6.07, 6.45) is 0. The van der Waals surface area contributed by atoms with E-state index in [0.717, 1.165) is 0 Å². The van der Waals surface area contributed by atoms with Gasteiger partial charge in [0.05, 0.1) is 12.4 Å². The van der Waals surface area contributed by atoms with Crippen molar-refractivity contribution in [3.05, 3.63) is 0 Å². The van der Waals surface area contributed by atoms with Crippen LogP contribution in [0.15, 0.2) is 0 Å². The summed E-state index contributed by atoms with van der Waals surface area (Å²) < 4.78 is 30.1. The minimum atomic E-state index is -3.23. The van der Waals surface area contributed by atoms with Gasteiger partial charge in [0, 0.05) is 20.2 Å². The van der Waals surface area contributed by atoms with Crippen molar-refractivity contribution in [1.82, 2.24) is 4.31 Å². The van der Waals surface area contributed by atoms with Crippen LogP contribution in [0.25, 0.3) is 0 Å². The largest absolute Gasteiger partial charge is 0.384 e. The molecule has 0 bridgehead atoms. The maximum atomic E-state index is 11.9. The van der Waals surface area contributed by atoms with Gasteiger partial charge in [-0.1, -0.05) is 20.8 Å². The zero-order valence-corrected chi connectivity index (χ0v) is 11.5. The van der Waals surface area contributed by atoms with Crippen LogP contribution in [-0.2, 0) is 14.8 Å². The van der Waals surface area contributed by atoms with Crippen molar-refractivity contribution in [2.45, 2.75) is 20.8 Å². The molecule has 0 aliphatic rings. The number of sulfonamides is 1. The highest BCUT2D eigenvalue weighted by Crippen LogP contribution is 2.17. The molecule has 0 aromatic rings. The standard InChI is InChI=1S/C10H24N2O3S/c1-5-12(9-10(2,3)8-11)16(13,14)7-6-15-4/h5-9,11H2,1-4H3. The highest BCUT2D eigenvalue weighted by molar-refractivity contribution is 7.89. The van der Waals surface area contributed by atoms with E-state index in [1.807, 2.05) is 20.8 Å². The molecule has 0 aromatic carbocycles. The Kier molecular flexibility index (Phi) is 6.47. The fourth-order valence-corrected chi connectivity index (χ4v) is 2.84. The highest BCUT2D eigenvalue weighted by atomic mass is 32.2. The van der Waals surface area contributed by atoms with E-state index < -0.39 is 10.0 Å². The first-order valence-electron chi connectivity index (χ1n) is 5.46. The Morgan fingerprint density at radius 3 is 2.31 bits per heavy atom. The molecule has 0 radical (unpaired) electrons. The van der Waals surface area contributed by atoms with Gasteiger partial charge in [-0.2, -0.15) is 0 Å². The number of methoxy groups -OCH3 is 1. The van der Waals surface area contributed by atoms with Crippen LogP contribution >= 0.6 is 0 Å². The average molecular weight is 252 g/mol. The Bertz CT molecular complexity index is 288. The number of hydrogen-bond donors (Lipinski definition) is 1. The summed E-state index contributed by atoms with van der Waals surface area (Å²) in [5.41, 5.74) is 5.41. The Balaban J connectivity index is 4.60. The first-order chi connectivity index (χ1) is 7.29. The van der Waals surface area contributed by atoms with Crippen LogP contribution in [0.2, 0.25) is 0 Å². The minimum Gasteiger partial charge on any atom is -0.384 e. The molecule has 0 unspecified atom stereocenters. The quantitative estimate of drug-likeness (QED) is 0.673. The van der Waals surface area contributed by atoms with Crippen molar-refractivity contribution in [2.24, 2.45) is 11.1 Å². The molecule has 0 aromatic heterocycles. The van der Waals surface area contributed by atoms with Crippen LogP contribution in [0.5, 0.6) is 0 Å². The smallest absolute Gasteiger partial charge is 0.216 e. The average Bonchev–Trinajstić information content (AvgIpc) is 2.23. The van der Waals surface area contributed by atoms with Gasteiger partial charge in [-0.05, 0) is 12.0 Å². The summed E-state index contributed by atoms with van der Waals surface area (Å²) in [6.45, 7) is 7.35. The van der Waals surface area contributed by atoms with Crippen LogP contribution in [-0.4, -0.2) is 51.8 Å². The van der Waals surface area contributed by atoms with Crippen LogP contribution < -0.4 is 5.73 Å². The van der Waals surface area contributed by atoms with Gasteiger partial charge in [0.25, 0.3) is 0 Å². The predicted octanol–water partition coefficient (Wildman–Crippen LogP) is 0.269. The van der Waals surface area contributed by atoms with Crippen molar-refractivity contribution < 1.29 is 13.2 Å². The molecule has 0 aliphatic heterocycles. The molecule has 0 atom stereocenters. The van der Waals surface area contributed by atoms with Crippen molar-refractivity contribution >= 4 is 10.0 Å². The Labute approximate surface area is 99.0 Å². The Morgan fingerprint density at radius 2 is 1.94 bits per heavy atom. The molecule has 0 aliphatic carbocycles. The lowest BCUT2D eigenvalue weighted by Gasteiger charge is -2.30. The van der Waals surface area contributed by atoms with Crippen LogP contribution in [0, 0.1) is 5.41 Å². The van der Waals surface area contributed by atoms with Gasteiger partial charge < -0.3 is 10.5 Å². The zero-order chi connectivity index (χ0) is 12.8. The molecule has 16 heavy (non-hydrogen) atoms. The number of hydrogen-bond acceptors (Lipinski definition) is 4. The van der Waals surface area contributed by atoms with Gasteiger partial charge in [0.1, 0.15) is 0 Å². The Hall–Kier alpha value is -0.170. The van der Waals surface area contributed by atoms with E-state index in [1.54, 1.807) is 0 Å². The molecule has 0 saturated carbocycles. The summed E-state index contributed by atoms with van der Waals surface area (Å²) in [7, 11) is -1.73. The lowest BCUT2D eigenvalue weighted by molar-refractivity contribution is 0.213. The van der Waals surface area contributed by atoms with Crippen molar-refractivity contribution in [2.75, 3.05) is 39.1 Å². The first kappa shape index (κ1) is 15.8. The van der Waals surface area contributed by atoms with Gasteiger partial charge >= 0.3 is 0 Å². The third-order valence-electron chi connectivity index (χ3n) is 2.45. The van der Waals surface area contributed by atoms with E-state index in [2.05, 4.69) is 0 Å². The van der Waals surface area contributed by atoms with E-state index in [4.69, 9.17) is 10.5 Å². The number of nitrogens with two attached hydrogens (primary N) is 1. The predicted molar refractivity (Wildman–Crippen MR) is 65.7 cm³/mol. The van der Waals surface area contributed by atoms with E-state index >= 15 is 0 Å². The van der Waals surface area contributed by atoms with E-state index in [-0.39, 0.29) is 17.8 Å². The fourth-order valence-electron chi connectivity index (χ4n) is 1.27. The summed E-state index contributed by atoms with van der Waals surface area (Å²) in [6, 6.07) is 0. The molecule has 0 rings (SSSR count). The zero-order valence-electron chi connectivity index (χ0n) is 10.7. The maximum Gasteiger partial charge on any atom is 0.216 e. The molecule has 5 nitrogen and oxygen atoms in total. The van der Waals surface area contributed by atoms with Gasteiger partial charge in [-0.3, -0.25) is 0 Å². The van der Waals surface area contributed by atoms with Crippen LogP contribution in [0.1, 0.15) is 20.8 Å². The van der Waals surface area contributed by atoms with Crippen molar-refractivity contribution in [1.29, 1.82) is 0 Å². The summed E-state index contributed by atoms with van der Waals surface area (Å²) in [5, 5.41) is 0. The van der Waals surface area contributed by atoms with Crippen molar-refractivity contribution in [3.8, 4) is 0 Å². The van der Waals surface area contributed by atoms with Gasteiger partial charge in [0.15, 0.2) is 0 Å². The Morgan fingerprint density at radius 1 is 1.38 bits per heavy atom. The van der Waals surface area contributed by atoms with Crippen molar-refractivity contribution in [3.63, 3.8) is 0 Å². The number of rotatable bonds is 8. The third-order valence-corrected chi connectivity index (χ3v) is 4.31. The van der Waals surface area contributed by atoms with E-state index in [1.165, 1.54) is 11.4 Å². The SMILES string of the molecule is CCN(CC(C)(C)CN)S(=O)(=O)CCOC. The number of ether oxygens (including phenoxy) is 1. The normalized spacial score (nSPS) is 13.4. The highest BCUT2D eigenvalue weighted by Gasteiger charge is 2.27. The van der Waals surface area contributed by atoms with E-state index in [9.17, 15) is 8.42 Å². The molecule has 0 fully saturated rings. The van der Waals surface area contributed by atoms with Crippen LogP contribution in [0.4, 0.5) is 0 Å². The second-order valence-electron chi connectivity index (χ2n) is 4.60. The molecule has 0 heterocycles. The minimum absolute atomic E-state index is 0.0258. The van der Waals surface area contributed by atoms with Crippen LogP contribution in [0.3, 0.4) is 0 Å². The first-order valence-corrected chi connectivity index (χ1v) is 7.07. The molecule has 0 amide bonds. The van der Waals surface area contributed by atoms with Gasteiger partial charge in [-0.15, -0.1) is 0 Å². The molecule has 0 spiro atoms. The lowest BCUT2D eigenvalue weighted by atomic mass is 9.94. The molecule has 0 saturated heterocycles. The summed E-state index contributed by atoms with van der Waals surface area (Å²) in [4.78, 5) is 0. The molecular formula is C10H24N2O3S. The fraction of sp³-hybridized carbons (Fsp3) is 1.00. The molecular weight excluding hydrogens is 228 g/mol. The van der Waals surface area contributed by atoms with Gasteiger partial charge in [-0.25, -0.2) is 12.7 Å². The number of nitrogens with zero attached hydrogens (tertiary/aromatic N) is 1. The second kappa shape index (κ2) is 6.54. The maximum absolute atomic E-state index is 11.9. The summed E-state index contributed by atoms with van der Waals surface area (Å²) >= 11 is 0. The second-order valence-corrected chi connectivity index (χ2v) is 6.69. The monoisotopic (exact) mass is 252 g/mol. The lowest BCUT2D eigenvalue weighted by Crippen LogP contribution is -2.43. The van der Waals surface area contributed by atoms with Gasteiger partial charge in [0.2, 0.25) is 10.0 Å². The molecule has 2 N–H and O–H groups in total.